The number of carbonyl (C=O) groups is 1. The fourth-order valence-corrected chi connectivity index (χ4v) is 0.556. The van der Waals surface area contributed by atoms with Crippen LogP contribution in [0.5, 0.6) is 0 Å². The van der Waals surface area contributed by atoms with E-state index in [9.17, 15) is 18.4 Å². The smallest absolute Gasteiger partial charge is 0.340 e. The van der Waals surface area contributed by atoms with Crippen molar-refractivity contribution in [3.8, 4) is 0 Å². The van der Waals surface area contributed by atoms with Crippen LogP contribution < -0.4 is 0 Å². The molecule has 0 N–H and O–H groups in total. The molecule has 0 aromatic rings. The van der Waals surface area contributed by atoms with Crippen LogP contribution in [0.3, 0.4) is 0 Å². The highest BCUT2D eigenvalue weighted by molar-refractivity contribution is 5.82. The summed E-state index contributed by atoms with van der Waals surface area (Å²) in [5.74, 6) is -1.23. The standard InChI is InChI=1S/C7H9F2NO3/c1-3-13-6(12)7(2,5(8)9)10-4-11/h5H,3H2,1-2H3. The van der Waals surface area contributed by atoms with Gasteiger partial charge in [0.1, 0.15) is 0 Å². The zero-order chi connectivity index (χ0) is 10.5. The third-order valence-electron chi connectivity index (χ3n) is 1.39. The summed E-state index contributed by atoms with van der Waals surface area (Å²) in [5.41, 5.74) is -2.43. The van der Waals surface area contributed by atoms with E-state index >= 15 is 0 Å². The number of isocyanates is 1. The first kappa shape index (κ1) is 11.7. The van der Waals surface area contributed by atoms with Gasteiger partial charge in [-0.25, -0.2) is 18.4 Å². The average Bonchev–Trinajstić information content (AvgIpc) is 2.04. The maximum absolute atomic E-state index is 12.3. The van der Waals surface area contributed by atoms with Crippen molar-refractivity contribution in [1.82, 2.24) is 0 Å². The largest absolute Gasteiger partial charge is 0.464 e. The van der Waals surface area contributed by atoms with Crippen LogP contribution in [-0.2, 0) is 14.3 Å². The van der Waals surface area contributed by atoms with Gasteiger partial charge in [0.15, 0.2) is 0 Å². The lowest BCUT2D eigenvalue weighted by atomic mass is 10.1. The molecule has 6 heteroatoms. The molecule has 0 aromatic heterocycles. The fraction of sp³-hybridized carbons (Fsp3) is 0.714. The van der Waals surface area contributed by atoms with Gasteiger partial charge >= 0.3 is 5.97 Å². The van der Waals surface area contributed by atoms with Gasteiger partial charge in [0, 0.05) is 0 Å². The van der Waals surface area contributed by atoms with Crippen molar-refractivity contribution in [2.45, 2.75) is 25.8 Å². The number of ether oxygens (including phenoxy) is 1. The van der Waals surface area contributed by atoms with Crippen molar-refractivity contribution in [3.63, 3.8) is 0 Å². The van der Waals surface area contributed by atoms with Gasteiger partial charge in [0.25, 0.3) is 6.43 Å². The molecule has 0 radical (unpaired) electrons. The van der Waals surface area contributed by atoms with E-state index in [4.69, 9.17) is 0 Å². The zero-order valence-electron chi connectivity index (χ0n) is 7.21. The number of aliphatic imine (C=N–C) groups is 1. The third-order valence-corrected chi connectivity index (χ3v) is 1.39. The molecule has 1 unspecified atom stereocenters. The van der Waals surface area contributed by atoms with Crippen molar-refractivity contribution in [1.29, 1.82) is 0 Å². The number of hydrogen-bond acceptors (Lipinski definition) is 4. The normalized spacial score (nSPS) is 14.5. The molecule has 13 heavy (non-hydrogen) atoms. The second kappa shape index (κ2) is 4.67. The maximum Gasteiger partial charge on any atom is 0.340 e. The number of nitrogens with zero attached hydrogens (tertiary/aromatic N) is 1. The molecule has 0 fully saturated rings. The summed E-state index contributed by atoms with van der Waals surface area (Å²) < 4.78 is 28.9. The molecule has 0 bridgehead atoms. The van der Waals surface area contributed by atoms with E-state index in [1.165, 1.54) is 6.92 Å². The molecule has 74 valence electrons. The van der Waals surface area contributed by atoms with E-state index in [2.05, 4.69) is 9.73 Å². The molecule has 0 rings (SSSR count). The van der Waals surface area contributed by atoms with Gasteiger partial charge in [0.05, 0.1) is 6.61 Å². The predicted molar refractivity (Wildman–Crippen MR) is 39.2 cm³/mol. The highest BCUT2D eigenvalue weighted by Crippen LogP contribution is 2.21. The Hall–Kier alpha value is -1.29. The number of esters is 1. The van der Waals surface area contributed by atoms with Gasteiger partial charge in [0.2, 0.25) is 11.6 Å². The van der Waals surface area contributed by atoms with Crippen molar-refractivity contribution < 1.29 is 23.1 Å². The van der Waals surface area contributed by atoms with E-state index in [0.29, 0.717) is 0 Å². The predicted octanol–water partition coefficient (Wildman–Crippen LogP) is 0.909. The van der Waals surface area contributed by atoms with Crippen LogP contribution in [0, 0.1) is 0 Å². The molecule has 0 spiro atoms. The Morgan fingerprint density at radius 1 is 1.69 bits per heavy atom. The number of rotatable bonds is 4. The molecule has 0 aromatic carbocycles. The van der Waals surface area contributed by atoms with Crippen molar-refractivity contribution in [2.75, 3.05) is 6.61 Å². The lowest BCUT2D eigenvalue weighted by Crippen LogP contribution is -2.42. The summed E-state index contributed by atoms with van der Waals surface area (Å²) in [6.45, 7) is 2.24. The van der Waals surface area contributed by atoms with Gasteiger partial charge in [-0.05, 0) is 13.8 Å². The molecule has 0 aliphatic carbocycles. The Morgan fingerprint density at radius 3 is 2.54 bits per heavy atom. The molecule has 0 heterocycles. The highest BCUT2D eigenvalue weighted by atomic mass is 19.3. The van der Waals surface area contributed by atoms with E-state index in [1.807, 2.05) is 0 Å². The molecular weight excluding hydrogens is 184 g/mol. The van der Waals surface area contributed by atoms with Crippen molar-refractivity contribution in [2.24, 2.45) is 4.99 Å². The summed E-state index contributed by atoms with van der Waals surface area (Å²) >= 11 is 0. The molecule has 0 aliphatic heterocycles. The summed E-state index contributed by atoms with van der Waals surface area (Å²) in [4.78, 5) is 23.5. The third kappa shape index (κ3) is 2.59. The van der Waals surface area contributed by atoms with Gasteiger partial charge in [-0.2, -0.15) is 4.99 Å². The second-order valence-corrected chi connectivity index (χ2v) is 2.37. The van der Waals surface area contributed by atoms with Crippen LogP contribution >= 0.6 is 0 Å². The monoisotopic (exact) mass is 193 g/mol. The molecule has 0 amide bonds. The second-order valence-electron chi connectivity index (χ2n) is 2.37. The number of alkyl halides is 2. The Balaban J connectivity index is 4.78. The maximum atomic E-state index is 12.3. The topological polar surface area (TPSA) is 55.7 Å². The lowest BCUT2D eigenvalue weighted by molar-refractivity contribution is -0.154. The summed E-state index contributed by atoms with van der Waals surface area (Å²) in [6.07, 6.45) is -2.17. The first-order valence-corrected chi connectivity index (χ1v) is 3.53. The number of hydrogen-bond donors (Lipinski definition) is 0. The van der Waals surface area contributed by atoms with Crippen LogP contribution in [-0.4, -0.2) is 30.6 Å². The molecule has 0 aliphatic rings. The van der Waals surface area contributed by atoms with Crippen LogP contribution in [0.25, 0.3) is 0 Å². The zero-order valence-corrected chi connectivity index (χ0v) is 7.21. The van der Waals surface area contributed by atoms with Gasteiger partial charge in [-0.15, -0.1) is 0 Å². The fourth-order valence-electron chi connectivity index (χ4n) is 0.556. The first-order chi connectivity index (χ1) is 5.99. The molecule has 0 saturated carbocycles. The number of carbonyl (C=O) groups excluding carboxylic acids is 2. The summed E-state index contributed by atoms with van der Waals surface area (Å²) in [5, 5.41) is 0. The van der Waals surface area contributed by atoms with E-state index in [-0.39, 0.29) is 6.61 Å². The summed E-state index contributed by atoms with van der Waals surface area (Å²) in [7, 11) is 0. The minimum absolute atomic E-state index is 0.0461. The Bertz CT molecular complexity index is 238. The molecule has 4 nitrogen and oxygen atoms in total. The van der Waals surface area contributed by atoms with Crippen LogP contribution in [0.2, 0.25) is 0 Å². The molecule has 1 atom stereocenters. The molecular formula is C7H9F2NO3. The van der Waals surface area contributed by atoms with Gasteiger partial charge in [-0.3, -0.25) is 0 Å². The Morgan fingerprint density at radius 2 is 2.23 bits per heavy atom. The van der Waals surface area contributed by atoms with Crippen LogP contribution in [0.4, 0.5) is 8.78 Å². The highest BCUT2D eigenvalue weighted by Gasteiger charge is 2.44. The van der Waals surface area contributed by atoms with E-state index < -0.39 is 17.9 Å². The van der Waals surface area contributed by atoms with E-state index in [0.717, 1.165) is 13.0 Å². The SMILES string of the molecule is CCOC(=O)C(C)(N=C=O)C(F)F. The van der Waals surface area contributed by atoms with Crippen LogP contribution in [0.15, 0.2) is 4.99 Å². The quantitative estimate of drug-likeness (QED) is 0.379. The van der Waals surface area contributed by atoms with E-state index in [1.54, 1.807) is 0 Å². The lowest BCUT2D eigenvalue weighted by Gasteiger charge is -2.19. The first-order valence-electron chi connectivity index (χ1n) is 3.53. The Kier molecular flexibility index (Phi) is 4.20. The van der Waals surface area contributed by atoms with Crippen LogP contribution in [0.1, 0.15) is 13.8 Å². The van der Waals surface area contributed by atoms with Gasteiger partial charge in [-0.1, -0.05) is 0 Å². The average molecular weight is 193 g/mol. The number of halogens is 2. The van der Waals surface area contributed by atoms with Crippen molar-refractivity contribution in [3.05, 3.63) is 0 Å². The minimum atomic E-state index is -3.09. The van der Waals surface area contributed by atoms with Gasteiger partial charge < -0.3 is 4.74 Å². The molecule has 0 saturated heterocycles. The van der Waals surface area contributed by atoms with Crippen molar-refractivity contribution >= 4 is 12.0 Å². The Labute approximate surface area is 73.6 Å². The minimum Gasteiger partial charge on any atom is -0.464 e. The summed E-state index contributed by atoms with van der Waals surface area (Å²) in [6, 6.07) is 0.